The first-order chi connectivity index (χ1) is 10.2. The van der Waals surface area contributed by atoms with Gasteiger partial charge in [0.1, 0.15) is 6.04 Å². The number of carbonyl (C=O) groups is 1. The van der Waals surface area contributed by atoms with Gasteiger partial charge in [-0.15, -0.1) is 11.3 Å². The van der Waals surface area contributed by atoms with E-state index in [2.05, 4.69) is 11.4 Å². The number of carbonyl (C=O) groups excluding carboxylic acids is 1. The molecule has 21 heavy (non-hydrogen) atoms. The summed E-state index contributed by atoms with van der Waals surface area (Å²) in [5.41, 5.74) is 2.29. The lowest BCUT2D eigenvalue weighted by Crippen LogP contribution is -2.41. The highest BCUT2D eigenvalue weighted by atomic mass is 35.5. The van der Waals surface area contributed by atoms with Gasteiger partial charge in [-0.3, -0.25) is 4.79 Å². The van der Waals surface area contributed by atoms with Gasteiger partial charge < -0.3 is 10.2 Å². The number of para-hydroxylation sites is 1. The van der Waals surface area contributed by atoms with Crippen LogP contribution in [0.3, 0.4) is 0 Å². The van der Waals surface area contributed by atoms with Gasteiger partial charge in [-0.25, -0.2) is 0 Å². The summed E-state index contributed by atoms with van der Waals surface area (Å²) >= 11 is 7.49. The SMILES string of the molecule is CCN(Cc1ccc(Cl)s1)C(=O)C1Cc2ccccc2N1. The molecule has 1 aliphatic rings. The molecule has 2 aromatic rings. The highest BCUT2D eigenvalue weighted by Crippen LogP contribution is 2.27. The van der Waals surface area contributed by atoms with Crippen molar-refractivity contribution in [3.8, 4) is 0 Å². The molecule has 0 bridgehead atoms. The topological polar surface area (TPSA) is 32.3 Å². The number of hydrogen-bond acceptors (Lipinski definition) is 3. The summed E-state index contributed by atoms with van der Waals surface area (Å²) in [6, 6.07) is 11.8. The fourth-order valence-electron chi connectivity index (χ4n) is 2.64. The Kier molecular flexibility index (Phi) is 4.17. The molecule has 1 unspecified atom stereocenters. The van der Waals surface area contributed by atoms with Gasteiger partial charge in [-0.1, -0.05) is 29.8 Å². The van der Waals surface area contributed by atoms with Crippen molar-refractivity contribution < 1.29 is 4.79 Å². The Morgan fingerprint density at radius 3 is 2.86 bits per heavy atom. The normalized spacial score (nSPS) is 16.4. The number of thiophene rings is 1. The van der Waals surface area contributed by atoms with Crippen LogP contribution in [-0.2, 0) is 17.8 Å². The number of anilines is 1. The van der Waals surface area contributed by atoms with Crippen molar-refractivity contribution in [3.63, 3.8) is 0 Å². The van der Waals surface area contributed by atoms with Crippen molar-refractivity contribution in [1.82, 2.24) is 4.90 Å². The van der Waals surface area contributed by atoms with Crippen molar-refractivity contribution in [2.75, 3.05) is 11.9 Å². The number of nitrogens with one attached hydrogen (secondary N) is 1. The van der Waals surface area contributed by atoms with Crippen LogP contribution in [0.25, 0.3) is 0 Å². The van der Waals surface area contributed by atoms with E-state index in [1.54, 1.807) is 0 Å². The van der Waals surface area contributed by atoms with E-state index in [1.165, 1.54) is 16.9 Å². The van der Waals surface area contributed by atoms with Crippen LogP contribution in [0.15, 0.2) is 36.4 Å². The van der Waals surface area contributed by atoms with Crippen LogP contribution in [0, 0.1) is 0 Å². The van der Waals surface area contributed by atoms with Crippen molar-refractivity contribution in [1.29, 1.82) is 0 Å². The van der Waals surface area contributed by atoms with Crippen LogP contribution in [0.4, 0.5) is 5.69 Å². The molecule has 110 valence electrons. The lowest BCUT2D eigenvalue weighted by atomic mass is 10.1. The van der Waals surface area contributed by atoms with Crippen molar-refractivity contribution in [3.05, 3.63) is 51.2 Å². The van der Waals surface area contributed by atoms with E-state index in [0.717, 1.165) is 21.3 Å². The maximum Gasteiger partial charge on any atom is 0.245 e. The minimum atomic E-state index is -0.155. The zero-order valence-electron chi connectivity index (χ0n) is 11.8. The zero-order valence-corrected chi connectivity index (χ0v) is 13.4. The van der Waals surface area contributed by atoms with Gasteiger partial charge in [-0.05, 0) is 30.7 Å². The third-order valence-corrected chi connectivity index (χ3v) is 4.95. The van der Waals surface area contributed by atoms with E-state index >= 15 is 0 Å². The Morgan fingerprint density at radius 1 is 1.38 bits per heavy atom. The number of benzene rings is 1. The first-order valence-corrected chi connectivity index (χ1v) is 8.24. The average Bonchev–Trinajstić information content (AvgIpc) is 3.09. The lowest BCUT2D eigenvalue weighted by Gasteiger charge is -2.24. The molecule has 1 N–H and O–H groups in total. The fraction of sp³-hybridized carbons (Fsp3) is 0.312. The summed E-state index contributed by atoms with van der Waals surface area (Å²) in [4.78, 5) is 15.7. The smallest absolute Gasteiger partial charge is 0.245 e. The third-order valence-electron chi connectivity index (χ3n) is 3.74. The molecule has 5 heteroatoms. The highest BCUT2D eigenvalue weighted by Gasteiger charge is 2.29. The molecular formula is C16H17ClN2OS. The predicted molar refractivity (Wildman–Crippen MR) is 88.0 cm³/mol. The van der Waals surface area contributed by atoms with Gasteiger partial charge >= 0.3 is 0 Å². The molecule has 0 fully saturated rings. The van der Waals surface area contributed by atoms with Gasteiger partial charge in [0.05, 0.1) is 10.9 Å². The summed E-state index contributed by atoms with van der Waals surface area (Å²) in [6.07, 6.45) is 0.761. The predicted octanol–water partition coefficient (Wildman–Crippen LogP) is 3.79. The minimum Gasteiger partial charge on any atom is -0.373 e. The maximum absolute atomic E-state index is 12.7. The summed E-state index contributed by atoms with van der Waals surface area (Å²) in [7, 11) is 0. The lowest BCUT2D eigenvalue weighted by molar-refractivity contribution is -0.132. The van der Waals surface area contributed by atoms with Crippen LogP contribution in [0.2, 0.25) is 4.34 Å². The van der Waals surface area contributed by atoms with Gasteiger partial charge in [-0.2, -0.15) is 0 Å². The van der Waals surface area contributed by atoms with E-state index in [9.17, 15) is 4.79 Å². The number of likely N-dealkylation sites (N-methyl/N-ethyl adjacent to an activating group) is 1. The fourth-order valence-corrected chi connectivity index (χ4v) is 3.74. The van der Waals surface area contributed by atoms with Gasteiger partial charge in [0, 0.05) is 23.5 Å². The molecule has 0 saturated heterocycles. The Labute approximate surface area is 133 Å². The largest absolute Gasteiger partial charge is 0.373 e. The quantitative estimate of drug-likeness (QED) is 0.929. The van der Waals surface area contributed by atoms with E-state index in [1.807, 2.05) is 42.2 Å². The molecule has 2 heterocycles. The molecule has 1 aromatic heterocycles. The summed E-state index contributed by atoms with van der Waals surface area (Å²) < 4.78 is 0.764. The summed E-state index contributed by atoms with van der Waals surface area (Å²) in [5.74, 6) is 0.151. The molecule has 1 atom stereocenters. The van der Waals surface area contributed by atoms with Crippen LogP contribution >= 0.6 is 22.9 Å². The monoisotopic (exact) mass is 320 g/mol. The van der Waals surface area contributed by atoms with Crippen LogP contribution < -0.4 is 5.32 Å². The molecule has 3 rings (SSSR count). The van der Waals surface area contributed by atoms with Crippen LogP contribution in [-0.4, -0.2) is 23.4 Å². The molecule has 1 aromatic carbocycles. The minimum absolute atomic E-state index is 0.151. The molecule has 0 spiro atoms. The molecule has 0 aliphatic carbocycles. The van der Waals surface area contributed by atoms with E-state index < -0.39 is 0 Å². The van der Waals surface area contributed by atoms with Crippen molar-refractivity contribution in [2.24, 2.45) is 0 Å². The first-order valence-electron chi connectivity index (χ1n) is 7.05. The first kappa shape index (κ1) is 14.4. The van der Waals surface area contributed by atoms with E-state index in [0.29, 0.717) is 13.1 Å². The summed E-state index contributed by atoms with van der Waals surface area (Å²) in [6.45, 7) is 3.33. The van der Waals surface area contributed by atoms with E-state index in [-0.39, 0.29) is 11.9 Å². The Bertz CT molecular complexity index is 630. The average molecular weight is 321 g/mol. The molecule has 0 saturated carbocycles. The Hall–Kier alpha value is -1.52. The number of rotatable bonds is 4. The van der Waals surface area contributed by atoms with Crippen molar-refractivity contribution >= 4 is 34.5 Å². The standard InChI is InChI=1S/C16H17ClN2OS/c1-2-19(10-12-7-8-15(17)21-12)16(20)14-9-11-5-3-4-6-13(11)18-14/h3-8,14,18H,2,9-10H2,1H3. The summed E-state index contributed by atoms with van der Waals surface area (Å²) in [5, 5.41) is 3.33. The molecule has 3 nitrogen and oxygen atoms in total. The Balaban J connectivity index is 1.69. The van der Waals surface area contributed by atoms with Crippen molar-refractivity contribution in [2.45, 2.75) is 25.9 Å². The number of halogens is 1. The maximum atomic E-state index is 12.7. The third kappa shape index (κ3) is 3.06. The van der Waals surface area contributed by atoms with Gasteiger partial charge in [0.15, 0.2) is 0 Å². The Morgan fingerprint density at radius 2 is 2.19 bits per heavy atom. The second-order valence-corrected chi connectivity index (χ2v) is 6.92. The second-order valence-electron chi connectivity index (χ2n) is 5.12. The zero-order chi connectivity index (χ0) is 14.8. The van der Waals surface area contributed by atoms with Crippen LogP contribution in [0.5, 0.6) is 0 Å². The molecule has 1 aliphatic heterocycles. The number of hydrogen-bond donors (Lipinski definition) is 1. The molecular weight excluding hydrogens is 304 g/mol. The van der Waals surface area contributed by atoms with Gasteiger partial charge in [0.2, 0.25) is 5.91 Å². The van der Waals surface area contributed by atoms with Crippen LogP contribution in [0.1, 0.15) is 17.4 Å². The molecule has 0 radical (unpaired) electrons. The highest BCUT2D eigenvalue weighted by molar-refractivity contribution is 7.16. The number of fused-ring (bicyclic) bond motifs is 1. The van der Waals surface area contributed by atoms with Gasteiger partial charge in [0.25, 0.3) is 0 Å². The number of nitrogens with zero attached hydrogens (tertiary/aromatic N) is 1. The molecule has 1 amide bonds. The number of amides is 1. The second kappa shape index (κ2) is 6.08. The van der Waals surface area contributed by atoms with E-state index in [4.69, 9.17) is 11.6 Å².